The molecule has 2 unspecified atom stereocenters. The number of hydrogen-bond donors (Lipinski definition) is 0. The van der Waals surface area contributed by atoms with Crippen molar-refractivity contribution in [2.24, 2.45) is 5.41 Å². The molecular weight excluding hydrogens is 176 g/mol. The van der Waals surface area contributed by atoms with E-state index in [4.69, 9.17) is 9.47 Å². The molecule has 14 heavy (non-hydrogen) atoms. The van der Waals surface area contributed by atoms with Gasteiger partial charge in [0, 0.05) is 14.2 Å². The third kappa shape index (κ3) is 2.58. The van der Waals surface area contributed by atoms with Crippen molar-refractivity contribution < 1.29 is 9.47 Å². The van der Waals surface area contributed by atoms with E-state index >= 15 is 0 Å². The summed E-state index contributed by atoms with van der Waals surface area (Å²) in [4.78, 5) is 0. The van der Waals surface area contributed by atoms with Crippen molar-refractivity contribution in [2.45, 2.75) is 45.8 Å². The molecule has 0 aliphatic heterocycles. The van der Waals surface area contributed by atoms with Crippen LogP contribution in [0.3, 0.4) is 0 Å². The Bertz CT molecular complexity index is 213. The third-order valence-corrected chi connectivity index (χ3v) is 2.88. The largest absolute Gasteiger partial charge is 0.377 e. The predicted octanol–water partition coefficient (Wildman–Crippen LogP) is 2.78. The van der Waals surface area contributed by atoms with Gasteiger partial charge >= 0.3 is 0 Å². The topological polar surface area (TPSA) is 18.5 Å². The van der Waals surface area contributed by atoms with E-state index in [2.05, 4.69) is 26.8 Å². The summed E-state index contributed by atoms with van der Waals surface area (Å²) in [7, 11) is 3.56. The van der Waals surface area contributed by atoms with Crippen molar-refractivity contribution in [1.29, 1.82) is 0 Å². The van der Waals surface area contributed by atoms with Gasteiger partial charge in [-0.1, -0.05) is 26.8 Å². The van der Waals surface area contributed by atoms with Crippen LogP contribution < -0.4 is 0 Å². The van der Waals surface area contributed by atoms with E-state index in [9.17, 15) is 0 Å². The van der Waals surface area contributed by atoms with Crippen LogP contribution in [0.1, 0.15) is 33.6 Å². The molecule has 0 radical (unpaired) electrons. The SMILES string of the molecule is COC1C=C(C(C)(C)C)C(OC)CC1. The number of ether oxygens (including phenoxy) is 2. The van der Waals surface area contributed by atoms with E-state index in [1.807, 2.05) is 0 Å². The molecule has 0 saturated heterocycles. The lowest BCUT2D eigenvalue weighted by Crippen LogP contribution is -2.31. The molecule has 1 aliphatic carbocycles. The van der Waals surface area contributed by atoms with E-state index in [0.29, 0.717) is 0 Å². The van der Waals surface area contributed by atoms with Crippen molar-refractivity contribution in [1.82, 2.24) is 0 Å². The fourth-order valence-corrected chi connectivity index (χ4v) is 2.03. The predicted molar refractivity (Wildman–Crippen MR) is 58.4 cm³/mol. The minimum Gasteiger partial charge on any atom is -0.377 e. The molecule has 0 fully saturated rings. The summed E-state index contributed by atoms with van der Waals surface area (Å²) in [6.07, 6.45) is 4.92. The van der Waals surface area contributed by atoms with Crippen LogP contribution in [0.25, 0.3) is 0 Å². The molecule has 2 atom stereocenters. The first kappa shape index (κ1) is 11.7. The standard InChI is InChI=1S/C12H22O2/c1-12(2,3)10-8-9(13-4)6-7-11(10)14-5/h8-9,11H,6-7H2,1-5H3. The van der Waals surface area contributed by atoms with Gasteiger partial charge in [0.2, 0.25) is 0 Å². The molecule has 1 rings (SSSR count). The Hall–Kier alpha value is -0.340. The van der Waals surface area contributed by atoms with Gasteiger partial charge in [-0.15, -0.1) is 0 Å². The lowest BCUT2D eigenvalue weighted by molar-refractivity contribution is 0.0610. The van der Waals surface area contributed by atoms with Gasteiger partial charge in [-0.2, -0.15) is 0 Å². The van der Waals surface area contributed by atoms with Gasteiger partial charge in [-0.25, -0.2) is 0 Å². The van der Waals surface area contributed by atoms with Gasteiger partial charge in [-0.3, -0.25) is 0 Å². The van der Waals surface area contributed by atoms with Crippen LogP contribution in [0.5, 0.6) is 0 Å². The maximum Gasteiger partial charge on any atom is 0.0788 e. The van der Waals surface area contributed by atoms with Gasteiger partial charge in [-0.05, 0) is 23.8 Å². The average Bonchev–Trinajstić information content (AvgIpc) is 2.15. The smallest absolute Gasteiger partial charge is 0.0788 e. The number of rotatable bonds is 2. The number of hydrogen-bond acceptors (Lipinski definition) is 2. The second-order valence-corrected chi connectivity index (χ2v) is 4.95. The minimum atomic E-state index is 0.178. The Morgan fingerprint density at radius 1 is 1.14 bits per heavy atom. The molecule has 0 aromatic heterocycles. The van der Waals surface area contributed by atoms with Crippen molar-refractivity contribution in [3.8, 4) is 0 Å². The monoisotopic (exact) mass is 198 g/mol. The van der Waals surface area contributed by atoms with Gasteiger partial charge in [0.1, 0.15) is 0 Å². The molecule has 0 saturated carbocycles. The zero-order valence-corrected chi connectivity index (χ0v) is 9.96. The van der Waals surface area contributed by atoms with Crippen LogP contribution in [-0.2, 0) is 9.47 Å². The van der Waals surface area contributed by atoms with Crippen molar-refractivity contribution in [3.05, 3.63) is 11.6 Å². The first-order chi connectivity index (χ1) is 6.49. The van der Waals surface area contributed by atoms with Crippen LogP contribution in [0.4, 0.5) is 0 Å². The van der Waals surface area contributed by atoms with Crippen LogP contribution in [0.2, 0.25) is 0 Å². The first-order valence-corrected chi connectivity index (χ1v) is 5.27. The summed E-state index contributed by atoms with van der Waals surface area (Å²) in [6, 6.07) is 0. The average molecular weight is 198 g/mol. The normalized spacial score (nSPS) is 28.8. The second-order valence-electron chi connectivity index (χ2n) is 4.95. The Kier molecular flexibility index (Phi) is 3.73. The van der Waals surface area contributed by atoms with Gasteiger partial charge in [0.15, 0.2) is 0 Å². The third-order valence-electron chi connectivity index (χ3n) is 2.88. The molecule has 0 heterocycles. The Labute approximate surface area is 87.3 Å². The van der Waals surface area contributed by atoms with Crippen LogP contribution in [0, 0.1) is 5.41 Å². The van der Waals surface area contributed by atoms with Gasteiger partial charge in [0.05, 0.1) is 12.2 Å². The summed E-state index contributed by atoms with van der Waals surface area (Å²) < 4.78 is 10.9. The van der Waals surface area contributed by atoms with Crippen LogP contribution in [-0.4, -0.2) is 26.4 Å². The zero-order valence-electron chi connectivity index (χ0n) is 9.96. The fourth-order valence-electron chi connectivity index (χ4n) is 2.03. The highest BCUT2D eigenvalue weighted by Gasteiger charge is 2.30. The highest BCUT2D eigenvalue weighted by atomic mass is 16.5. The van der Waals surface area contributed by atoms with E-state index in [1.165, 1.54) is 5.57 Å². The van der Waals surface area contributed by atoms with Crippen molar-refractivity contribution >= 4 is 0 Å². The second kappa shape index (κ2) is 4.45. The molecule has 2 nitrogen and oxygen atoms in total. The Morgan fingerprint density at radius 3 is 2.21 bits per heavy atom. The first-order valence-electron chi connectivity index (χ1n) is 5.27. The molecule has 0 aromatic carbocycles. The Morgan fingerprint density at radius 2 is 1.79 bits per heavy atom. The molecule has 1 aliphatic rings. The molecule has 2 heteroatoms. The molecular formula is C12H22O2. The summed E-state index contributed by atoms with van der Waals surface area (Å²) in [5.41, 5.74) is 1.55. The van der Waals surface area contributed by atoms with Crippen molar-refractivity contribution in [2.75, 3.05) is 14.2 Å². The molecule has 0 spiro atoms. The molecule has 0 amide bonds. The summed E-state index contributed by atoms with van der Waals surface area (Å²) in [5.74, 6) is 0. The Balaban J connectivity index is 2.87. The summed E-state index contributed by atoms with van der Waals surface area (Å²) in [6.45, 7) is 6.68. The number of methoxy groups -OCH3 is 2. The van der Waals surface area contributed by atoms with Crippen molar-refractivity contribution in [3.63, 3.8) is 0 Å². The quantitative estimate of drug-likeness (QED) is 0.635. The maximum absolute atomic E-state index is 5.50. The highest BCUT2D eigenvalue weighted by molar-refractivity contribution is 5.21. The van der Waals surface area contributed by atoms with E-state index in [1.54, 1.807) is 14.2 Å². The van der Waals surface area contributed by atoms with Gasteiger partial charge in [0.25, 0.3) is 0 Å². The van der Waals surface area contributed by atoms with Crippen LogP contribution >= 0.6 is 0 Å². The van der Waals surface area contributed by atoms with E-state index < -0.39 is 0 Å². The van der Waals surface area contributed by atoms with E-state index in [-0.39, 0.29) is 17.6 Å². The fraction of sp³-hybridized carbons (Fsp3) is 0.833. The molecule has 0 aromatic rings. The highest BCUT2D eigenvalue weighted by Crippen LogP contribution is 2.35. The zero-order chi connectivity index (χ0) is 10.8. The molecule has 0 N–H and O–H groups in total. The lowest BCUT2D eigenvalue weighted by atomic mass is 9.78. The lowest BCUT2D eigenvalue weighted by Gasteiger charge is -2.34. The summed E-state index contributed by atoms with van der Waals surface area (Å²) in [5, 5.41) is 0. The summed E-state index contributed by atoms with van der Waals surface area (Å²) >= 11 is 0. The molecule has 0 bridgehead atoms. The van der Waals surface area contributed by atoms with Gasteiger partial charge < -0.3 is 9.47 Å². The van der Waals surface area contributed by atoms with E-state index in [0.717, 1.165) is 12.8 Å². The molecule has 82 valence electrons. The minimum absolute atomic E-state index is 0.178. The maximum atomic E-state index is 5.50. The van der Waals surface area contributed by atoms with Crippen LogP contribution in [0.15, 0.2) is 11.6 Å².